The van der Waals surface area contributed by atoms with Crippen molar-refractivity contribution in [3.63, 3.8) is 0 Å². The van der Waals surface area contributed by atoms with Crippen LogP contribution in [0.25, 0.3) is 0 Å². The number of rotatable bonds is 5. The van der Waals surface area contributed by atoms with Crippen molar-refractivity contribution in [2.75, 3.05) is 19.6 Å². The molecule has 4 nitrogen and oxygen atoms in total. The fraction of sp³-hybridized carbons (Fsp3) is 0.929. The molecule has 0 aromatic rings. The first kappa shape index (κ1) is 15.4. The van der Waals surface area contributed by atoms with Crippen LogP contribution in [0.5, 0.6) is 0 Å². The van der Waals surface area contributed by atoms with E-state index in [-0.39, 0.29) is 6.04 Å². The molecule has 18 heavy (non-hydrogen) atoms. The van der Waals surface area contributed by atoms with Crippen LogP contribution in [0.2, 0.25) is 0 Å². The van der Waals surface area contributed by atoms with Crippen LogP contribution in [0.4, 0.5) is 0 Å². The second-order valence-electron chi connectivity index (χ2n) is 6.41. The molecule has 106 valence electrons. The minimum absolute atomic E-state index is 0.173. The third-order valence-electron chi connectivity index (χ3n) is 4.04. The highest BCUT2D eigenvalue weighted by molar-refractivity contribution is 5.78. The molecular formula is C14H28N2O2. The molecule has 0 saturated carbocycles. The number of likely N-dealkylation sites (tertiary alicyclic amines) is 1. The van der Waals surface area contributed by atoms with Gasteiger partial charge in [0.1, 0.15) is 5.54 Å². The van der Waals surface area contributed by atoms with Crippen LogP contribution in [0, 0.1) is 11.8 Å². The van der Waals surface area contributed by atoms with E-state index < -0.39 is 11.5 Å². The monoisotopic (exact) mass is 256 g/mol. The molecule has 1 rings (SSSR count). The van der Waals surface area contributed by atoms with Gasteiger partial charge in [-0.1, -0.05) is 13.8 Å². The van der Waals surface area contributed by atoms with Crippen LogP contribution in [0.1, 0.15) is 41.0 Å². The Balaban J connectivity index is 2.64. The molecule has 0 bridgehead atoms. The molecule has 0 aliphatic carbocycles. The Bertz CT molecular complexity index is 294. The molecule has 0 aromatic carbocycles. The number of nitrogens with zero attached hydrogens (tertiary/aromatic N) is 1. The minimum atomic E-state index is -0.853. The first-order valence-electron chi connectivity index (χ1n) is 6.98. The van der Waals surface area contributed by atoms with Crippen LogP contribution in [-0.4, -0.2) is 47.2 Å². The number of carboxylic acid groups (broad SMARTS) is 1. The molecule has 1 aliphatic rings. The van der Waals surface area contributed by atoms with Gasteiger partial charge in [0.25, 0.3) is 0 Å². The summed E-state index contributed by atoms with van der Waals surface area (Å²) in [6.07, 6.45) is 1.17. The number of nitrogens with one attached hydrogen (secondary N) is 1. The van der Waals surface area contributed by atoms with Crippen LogP contribution >= 0.6 is 0 Å². The van der Waals surface area contributed by atoms with E-state index >= 15 is 0 Å². The van der Waals surface area contributed by atoms with E-state index in [1.807, 2.05) is 13.8 Å². The normalized spacial score (nSPS) is 29.2. The zero-order valence-corrected chi connectivity index (χ0v) is 12.4. The summed E-state index contributed by atoms with van der Waals surface area (Å²) in [6.45, 7) is 12.9. The molecule has 0 amide bonds. The highest BCUT2D eigenvalue weighted by Gasteiger charge is 2.37. The van der Waals surface area contributed by atoms with Crippen molar-refractivity contribution in [3.05, 3.63) is 0 Å². The standard InChI is InChI=1S/C14H28N2O2/c1-10(2)15-14(5,13(17)18)9-16-7-6-11(3)12(4)8-16/h10-12,15H,6-9H2,1-5H3,(H,17,18). The smallest absolute Gasteiger partial charge is 0.324 e. The molecular weight excluding hydrogens is 228 g/mol. The lowest BCUT2D eigenvalue weighted by molar-refractivity contribution is -0.145. The Morgan fingerprint density at radius 1 is 1.44 bits per heavy atom. The Kier molecular flexibility index (Phi) is 5.17. The van der Waals surface area contributed by atoms with Crippen LogP contribution in [0.3, 0.4) is 0 Å². The lowest BCUT2D eigenvalue weighted by Crippen LogP contribution is -2.60. The molecule has 1 fully saturated rings. The first-order valence-corrected chi connectivity index (χ1v) is 6.98. The predicted molar refractivity (Wildman–Crippen MR) is 73.7 cm³/mol. The highest BCUT2D eigenvalue weighted by atomic mass is 16.4. The number of carboxylic acids is 1. The van der Waals surface area contributed by atoms with Gasteiger partial charge in [0.2, 0.25) is 0 Å². The summed E-state index contributed by atoms with van der Waals surface area (Å²) in [7, 11) is 0. The topological polar surface area (TPSA) is 52.6 Å². The third-order valence-corrected chi connectivity index (χ3v) is 4.04. The van der Waals surface area contributed by atoms with Crippen molar-refractivity contribution in [3.8, 4) is 0 Å². The van der Waals surface area contributed by atoms with Crippen LogP contribution < -0.4 is 5.32 Å². The molecule has 2 N–H and O–H groups in total. The van der Waals surface area contributed by atoms with Crippen molar-refractivity contribution < 1.29 is 9.90 Å². The maximum absolute atomic E-state index is 11.5. The van der Waals surface area contributed by atoms with Gasteiger partial charge in [0.15, 0.2) is 0 Å². The summed E-state index contributed by atoms with van der Waals surface area (Å²) in [5.74, 6) is 0.633. The third kappa shape index (κ3) is 3.95. The lowest BCUT2D eigenvalue weighted by atomic mass is 9.87. The quantitative estimate of drug-likeness (QED) is 0.787. The average Bonchev–Trinajstić information content (AvgIpc) is 2.22. The summed E-state index contributed by atoms with van der Waals surface area (Å²) in [6, 6.07) is 0.173. The van der Waals surface area contributed by atoms with E-state index in [0.29, 0.717) is 12.5 Å². The van der Waals surface area contributed by atoms with Crippen molar-refractivity contribution in [1.82, 2.24) is 10.2 Å². The van der Waals surface area contributed by atoms with Crippen molar-refractivity contribution in [2.24, 2.45) is 11.8 Å². The molecule has 4 heteroatoms. The summed E-state index contributed by atoms with van der Waals surface area (Å²) in [4.78, 5) is 13.8. The molecule has 1 saturated heterocycles. The van der Waals surface area contributed by atoms with Gasteiger partial charge in [0.05, 0.1) is 0 Å². The number of aliphatic carboxylic acids is 1. The Hall–Kier alpha value is -0.610. The zero-order valence-electron chi connectivity index (χ0n) is 12.4. The first-order chi connectivity index (χ1) is 8.24. The van der Waals surface area contributed by atoms with Crippen molar-refractivity contribution >= 4 is 5.97 Å². The second-order valence-corrected chi connectivity index (χ2v) is 6.41. The SMILES string of the molecule is CC(C)NC(C)(CN1CCC(C)C(C)C1)C(=O)O. The van der Waals surface area contributed by atoms with E-state index in [4.69, 9.17) is 0 Å². The number of hydrogen-bond acceptors (Lipinski definition) is 3. The van der Waals surface area contributed by atoms with E-state index in [9.17, 15) is 9.90 Å². The van der Waals surface area contributed by atoms with Gasteiger partial charge in [0, 0.05) is 19.1 Å². The molecule has 0 radical (unpaired) electrons. The summed E-state index contributed by atoms with van der Waals surface area (Å²) in [5, 5.41) is 12.6. The van der Waals surface area contributed by atoms with Gasteiger partial charge in [-0.2, -0.15) is 0 Å². The van der Waals surface area contributed by atoms with E-state index in [1.54, 1.807) is 6.92 Å². The van der Waals surface area contributed by atoms with E-state index in [0.717, 1.165) is 19.0 Å². The van der Waals surface area contributed by atoms with Crippen molar-refractivity contribution in [1.29, 1.82) is 0 Å². The van der Waals surface area contributed by atoms with Gasteiger partial charge in [-0.15, -0.1) is 0 Å². The summed E-state index contributed by atoms with van der Waals surface area (Å²) < 4.78 is 0. The maximum Gasteiger partial charge on any atom is 0.324 e. The van der Waals surface area contributed by atoms with Gasteiger partial charge < -0.3 is 10.0 Å². The summed E-state index contributed by atoms with van der Waals surface area (Å²) in [5.41, 5.74) is -0.853. The van der Waals surface area contributed by atoms with Gasteiger partial charge in [-0.05, 0) is 45.6 Å². The molecule has 0 aromatic heterocycles. The number of hydrogen-bond donors (Lipinski definition) is 2. The maximum atomic E-state index is 11.5. The predicted octanol–water partition coefficient (Wildman–Crippen LogP) is 1.81. The summed E-state index contributed by atoms with van der Waals surface area (Å²) >= 11 is 0. The Morgan fingerprint density at radius 3 is 2.50 bits per heavy atom. The number of piperidine rings is 1. The molecule has 3 unspecified atom stereocenters. The van der Waals surface area contributed by atoms with Crippen molar-refractivity contribution in [2.45, 2.75) is 52.6 Å². The van der Waals surface area contributed by atoms with Crippen LogP contribution in [0.15, 0.2) is 0 Å². The fourth-order valence-electron chi connectivity index (χ4n) is 2.75. The fourth-order valence-corrected chi connectivity index (χ4v) is 2.75. The lowest BCUT2D eigenvalue weighted by Gasteiger charge is -2.40. The van der Waals surface area contributed by atoms with E-state index in [2.05, 4.69) is 24.1 Å². The molecule has 1 heterocycles. The average molecular weight is 256 g/mol. The Labute approximate surface area is 111 Å². The largest absolute Gasteiger partial charge is 0.480 e. The second kappa shape index (κ2) is 6.02. The minimum Gasteiger partial charge on any atom is -0.480 e. The Morgan fingerprint density at radius 2 is 2.06 bits per heavy atom. The molecule has 1 aliphatic heterocycles. The highest BCUT2D eigenvalue weighted by Crippen LogP contribution is 2.23. The molecule has 0 spiro atoms. The van der Waals surface area contributed by atoms with E-state index in [1.165, 1.54) is 6.42 Å². The van der Waals surface area contributed by atoms with Crippen LogP contribution in [-0.2, 0) is 4.79 Å². The zero-order chi connectivity index (χ0) is 13.9. The van der Waals surface area contributed by atoms with Gasteiger partial charge in [-0.25, -0.2) is 0 Å². The molecule has 3 atom stereocenters. The van der Waals surface area contributed by atoms with Gasteiger partial charge in [-0.3, -0.25) is 10.1 Å². The number of carbonyl (C=O) groups is 1. The van der Waals surface area contributed by atoms with Gasteiger partial charge >= 0.3 is 5.97 Å².